The van der Waals surface area contributed by atoms with Crippen molar-refractivity contribution >= 4 is 34.5 Å². The molecular weight excluding hydrogens is 288 g/mol. The van der Waals surface area contributed by atoms with Crippen molar-refractivity contribution in [2.75, 3.05) is 16.9 Å². The fourth-order valence-corrected chi connectivity index (χ4v) is 1.80. The van der Waals surface area contributed by atoms with Crippen molar-refractivity contribution in [3.63, 3.8) is 0 Å². The van der Waals surface area contributed by atoms with Crippen LogP contribution in [0.1, 0.15) is 0 Å². The van der Waals surface area contributed by atoms with E-state index in [2.05, 4.69) is 10.6 Å². The fraction of sp³-hybridized carbons (Fsp3) is 0.0667. The molecular formula is C15H14N2O3S. The number of para-hydroxylation sites is 1. The van der Waals surface area contributed by atoms with Crippen LogP contribution in [0.4, 0.5) is 21.0 Å². The van der Waals surface area contributed by atoms with Crippen LogP contribution in [-0.2, 0) is 0 Å². The second kappa shape index (κ2) is 7.35. The van der Waals surface area contributed by atoms with Crippen molar-refractivity contribution < 1.29 is 14.3 Å². The third-order valence-electron chi connectivity index (χ3n) is 2.49. The van der Waals surface area contributed by atoms with Crippen molar-refractivity contribution in [3.8, 4) is 5.75 Å². The van der Waals surface area contributed by atoms with Gasteiger partial charge in [-0.1, -0.05) is 36.0 Å². The Bertz CT molecular complexity index is 632. The highest BCUT2D eigenvalue weighted by molar-refractivity contribution is 8.13. The molecule has 2 aromatic carbocycles. The standard InChI is InChI=1S/C15H14N2O3S/c1-21-15(19)17-12-7-5-6-11(10-12)16-14(18)20-13-8-3-2-4-9-13/h2-10H,1H3,(H,16,18)(H,17,19). The molecule has 0 atom stereocenters. The van der Waals surface area contributed by atoms with E-state index in [4.69, 9.17) is 4.74 Å². The second-order valence-electron chi connectivity index (χ2n) is 4.02. The summed E-state index contributed by atoms with van der Waals surface area (Å²) in [6, 6.07) is 15.6. The van der Waals surface area contributed by atoms with Crippen LogP contribution in [0, 0.1) is 0 Å². The molecule has 0 unspecified atom stereocenters. The zero-order valence-corrected chi connectivity index (χ0v) is 12.1. The van der Waals surface area contributed by atoms with Crippen molar-refractivity contribution in [1.29, 1.82) is 0 Å². The van der Waals surface area contributed by atoms with Gasteiger partial charge in [0.15, 0.2) is 0 Å². The number of benzene rings is 2. The van der Waals surface area contributed by atoms with Crippen LogP contribution in [-0.4, -0.2) is 17.6 Å². The molecule has 2 amide bonds. The zero-order chi connectivity index (χ0) is 15.1. The SMILES string of the molecule is CSC(=O)Nc1cccc(NC(=O)Oc2ccccc2)c1. The molecule has 2 aromatic rings. The maximum atomic E-state index is 11.7. The van der Waals surface area contributed by atoms with Crippen LogP contribution in [0.15, 0.2) is 54.6 Å². The van der Waals surface area contributed by atoms with E-state index < -0.39 is 6.09 Å². The number of hydrogen-bond acceptors (Lipinski definition) is 4. The normalized spacial score (nSPS) is 9.76. The maximum absolute atomic E-state index is 11.7. The van der Waals surface area contributed by atoms with E-state index in [0.29, 0.717) is 17.1 Å². The van der Waals surface area contributed by atoms with Gasteiger partial charge in [0.25, 0.3) is 5.24 Å². The van der Waals surface area contributed by atoms with E-state index in [0.717, 1.165) is 11.8 Å². The molecule has 0 radical (unpaired) electrons. The summed E-state index contributed by atoms with van der Waals surface area (Å²) in [7, 11) is 0. The first-order valence-electron chi connectivity index (χ1n) is 6.16. The number of carbonyl (C=O) groups is 2. The predicted molar refractivity (Wildman–Crippen MR) is 85.1 cm³/mol. The van der Waals surface area contributed by atoms with Crippen LogP contribution in [0.3, 0.4) is 0 Å². The summed E-state index contributed by atoms with van der Waals surface area (Å²) >= 11 is 1.08. The third-order valence-corrected chi connectivity index (χ3v) is 2.97. The quantitative estimate of drug-likeness (QED) is 0.892. The first-order chi connectivity index (χ1) is 10.2. The smallest absolute Gasteiger partial charge is 0.410 e. The Kier molecular flexibility index (Phi) is 5.22. The minimum atomic E-state index is -0.588. The molecule has 0 saturated carbocycles. The van der Waals surface area contributed by atoms with Gasteiger partial charge in [-0.15, -0.1) is 0 Å². The highest BCUT2D eigenvalue weighted by atomic mass is 32.2. The molecule has 0 aliphatic heterocycles. The summed E-state index contributed by atoms with van der Waals surface area (Å²) in [5.41, 5.74) is 1.14. The number of hydrogen-bond donors (Lipinski definition) is 2. The second-order valence-corrected chi connectivity index (χ2v) is 4.80. The van der Waals surface area contributed by atoms with Crippen molar-refractivity contribution in [3.05, 3.63) is 54.6 Å². The number of ether oxygens (including phenoxy) is 1. The van der Waals surface area contributed by atoms with Crippen LogP contribution >= 0.6 is 11.8 Å². The molecule has 21 heavy (non-hydrogen) atoms. The summed E-state index contributed by atoms with van der Waals surface area (Å²) in [6.45, 7) is 0. The topological polar surface area (TPSA) is 67.4 Å². The number of carbonyl (C=O) groups excluding carboxylic acids is 2. The summed E-state index contributed by atoms with van der Waals surface area (Å²) in [5, 5.41) is 5.12. The predicted octanol–water partition coefficient (Wildman–Crippen LogP) is 4.19. The molecule has 0 aromatic heterocycles. The van der Waals surface area contributed by atoms with E-state index in [1.165, 1.54) is 0 Å². The van der Waals surface area contributed by atoms with Gasteiger partial charge in [-0.05, 0) is 36.6 Å². The van der Waals surface area contributed by atoms with Gasteiger partial charge in [0.1, 0.15) is 5.75 Å². The average molecular weight is 302 g/mol. The lowest BCUT2D eigenvalue weighted by molar-refractivity contribution is 0.215. The molecule has 5 nitrogen and oxygen atoms in total. The van der Waals surface area contributed by atoms with Gasteiger partial charge in [0, 0.05) is 11.4 Å². The molecule has 0 spiro atoms. The third kappa shape index (κ3) is 4.85. The van der Waals surface area contributed by atoms with Crippen molar-refractivity contribution in [2.24, 2.45) is 0 Å². The lowest BCUT2D eigenvalue weighted by Crippen LogP contribution is -2.16. The molecule has 108 valence electrons. The van der Waals surface area contributed by atoms with E-state index >= 15 is 0 Å². The minimum absolute atomic E-state index is 0.168. The first kappa shape index (κ1) is 14.9. The van der Waals surface area contributed by atoms with E-state index in [1.54, 1.807) is 54.8 Å². The lowest BCUT2D eigenvalue weighted by Gasteiger charge is -2.08. The van der Waals surface area contributed by atoms with Gasteiger partial charge in [-0.2, -0.15) is 0 Å². The lowest BCUT2D eigenvalue weighted by atomic mass is 10.3. The van der Waals surface area contributed by atoms with Crippen molar-refractivity contribution in [2.45, 2.75) is 0 Å². The molecule has 2 rings (SSSR count). The van der Waals surface area contributed by atoms with E-state index in [1.807, 2.05) is 6.07 Å². The Hall–Kier alpha value is -2.47. The number of nitrogens with one attached hydrogen (secondary N) is 2. The van der Waals surface area contributed by atoms with Gasteiger partial charge in [0.05, 0.1) is 0 Å². The summed E-state index contributed by atoms with van der Waals surface area (Å²) < 4.78 is 5.12. The molecule has 0 aliphatic rings. The molecule has 6 heteroatoms. The molecule has 2 N–H and O–H groups in total. The zero-order valence-electron chi connectivity index (χ0n) is 11.3. The summed E-state index contributed by atoms with van der Waals surface area (Å²) in [5.74, 6) is 0.460. The highest BCUT2D eigenvalue weighted by Gasteiger charge is 2.06. The minimum Gasteiger partial charge on any atom is -0.410 e. The Balaban J connectivity index is 1.97. The van der Waals surface area contributed by atoms with Gasteiger partial charge < -0.3 is 10.1 Å². The van der Waals surface area contributed by atoms with E-state index in [9.17, 15) is 9.59 Å². The summed E-state index contributed by atoms with van der Waals surface area (Å²) in [6.07, 6.45) is 1.10. The number of rotatable bonds is 3. The molecule has 0 bridgehead atoms. The van der Waals surface area contributed by atoms with Gasteiger partial charge >= 0.3 is 6.09 Å². The van der Waals surface area contributed by atoms with Gasteiger partial charge in [0.2, 0.25) is 0 Å². The first-order valence-corrected chi connectivity index (χ1v) is 7.39. The summed E-state index contributed by atoms with van der Waals surface area (Å²) in [4.78, 5) is 23.0. The van der Waals surface area contributed by atoms with Gasteiger partial charge in [-0.3, -0.25) is 10.1 Å². The Morgan fingerprint density at radius 2 is 1.62 bits per heavy atom. The fourth-order valence-electron chi connectivity index (χ4n) is 1.58. The largest absolute Gasteiger partial charge is 0.417 e. The molecule has 0 saturated heterocycles. The van der Waals surface area contributed by atoms with Crippen LogP contribution in [0.2, 0.25) is 0 Å². The number of thioether (sulfide) groups is 1. The monoisotopic (exact) mass is 302 g/mol. The van der Waals surface area contributed by atoms with Crippen molar-refractivity contribution in [1.82, 2.24) is 0 Å². The van der Waals surface area contributed by atoms with Crippen LogP contribution in [0.5, 0.6) is 5.75 Å². The molecule has 0 heterocycles. The average Bonchev–Trinajstić information content (AvgIpc) is 2.48. The Morgan fingerprint density at radius 1 is 0.952 bits per heavy atom. The molecule has 0 fully saturated rings. The maximum Gasteiger partial charge on any atom is 0.417 e. The Labute approximate surface area is 126 Å². The number of anilines is 2. The molecule has 0 aliphatic carbocycles. The number of amides is 2. The van der Waals surface area contributed by atoms with Crippen LogP contribution in [0.25, 0.3) is 0 Å². The Morgan fingerprint density at radius 3 is 2.29 bits per heavy atom. The highest BCUT2D eigenvalue weighted by Crippen LogP contribution is 2.17. The van der Waals surface area contributed by atoms with Crippen LogP contribution < -0.4 is 15.4 Å². The van der Waals surface area contributed by atoms with E-state index in [-0.39, 0.29) is 5.24 Å². The van der Waals surface area contributed by atoms with Gasteiger partial charge in [-0.25, -0.2) is 4.79 Å².